The van der Waals surface area contributed by atoms with Crippen LogP contribution in [0.4, 0.5) is 10.1 Å². The van der Waals surface area contributed by atoms with Crippen molar-refractivity contribution < 1.29 is 4.39 Å². The summed E-state index contributed by atoms with van der Waals surface area (Å²) in [6.07, 6.45) is 0.999. The lowest BCUT2D eigenvalue weighted by Crippen LogP contribution is -2.07. The minimum absolute atomic E-state index is 0.0267. The Morgan fingerprint density at radius 1 is 1.21 bits per heavy atom. The van der Waals surface area contributed by atoms with Crippen molar-refractivity contribution in [2.45, 2.75) is 26.3 Å². The van der Waals surface area contributed by atoms with Crippen molar-refractivity contribution in [3.8, 4) is 0 Å². The maximum Gasteiger partial charge on any atom is 0.142 e. The molecule has 2 aromatic carbocycles. The average molecular weight is 278 g/mol. The predicted octanol–water partition coefficient (Wildman–Crippen LogP) is 5.21. The number of rotatable bonds is 4. The molecule has 1 N–H and O–H groups in total. The Labute approximate surface area is 118 Å². The summed E-state index contributed by atoms with van der Waals surface area (Å²) in [6, 6.07) is 13.2. The summed E-state index contributed by atoms with van der Waals surface area (Å²) in [5.74, 6) is -0.380. The number of hydrogen-bond donors (Lipinski definition) is 1. The van der Waals surface area contributed by atoms with Gasteiger partial charge in [0, 0.05) is 11.7 Å². The molecule has 0 aromatic heterocycles. The molecule has 0 aliphatic heterocycles. The van der Waals surface area contributed by atoms with E-state index in [1.165, 1.54) is 11.6 Å². The third-order valence-electron chi connectivity index (χ3n) is 3.16. The largest absolute Gasteiger partial charge is 0.379 e. The van der Waals surface area contributed by atoms with Gasteiger partial charge in [-0.25, -0.2) is 4.39 Å². The van der Waals surface area contributed by atoms with Gasteiger partial charge in [0.2, 0.25) is 0 Å². The summed E-state index contributed by atoms with van der Waals surface area (Å²) in [6.45, 7) is 4.12. The van der Waals surface area contributed by atoms with E-state index >= 15 is 0 Å². The van der Waals surface area contributed by atoms with Crippen molar-refractivity contribution in [2.24, 2.45) is 0 Å². The van der Waals surface area contributed by atoms with Crippen molar-refractivity contribution in [1.29, 1.82) is 0 Å². The van der Waals surface area contributed by atoms with Gasteiger partial charge in [-0.2, -0.15) is 0 Å². The van der Waals surface area contributed by atoms with Gasteiger partial charge in [-0.3, -0.25) is 0 Å². The van der Waals surface area contributed by atoms with Gasteiger partial charge in [-0.15, -0.1) is 0 Å². The zero-order valence-electron chi connectivity index (χ0n) is 11.1. The Morgan fingerprint density at radius 2 is 2.00 bits per heavy atom. The molecule has 1 nitrogen and oxygen atoms in total. The van der Waals surface area contributed by atoms with E-state index in [2.05, 4.69) is 24.4 Å². The Balaban J connectivity index is 2.15. The number of anilines is 1. The maximum atomic E-state index is 13.4. The highest BCUT2D eigenvalue weighted by Gasteiger charge is 2.08. The van der Waals surface area contributed by atoms with Crippen LogP contribution in [0.5, 0.6) is 0 Å². The normalized spacial score (nSPS) is 12.2. The van der Waals surface area contributed by atoms with E-state index < -0.39 is 0 Å². The molecule has 2 aromatic rings. The number of halogens is 2. The zero-order valence-corrected chi connectivity index (χ0v) is 11.8. The fourth-order valence-electron chi connectivity index (χ4n) is 2.00. The summed E-state index contributed by atoms with van der Waals surface area (Å²) < 4.78 is 13.4. The van der Waals surface area contributed by atoms with Crippen molar-refractivity contribution in [1.82, 2.24) is 0 Å². The highest BCUT2D eigenvalue weighted by molar-refractivity contribution is 6.30. The molecule has 1 atom stereocenters. The molecule has 0 radical (unpaired) electrons. The molecule has 0 fully saturated rings. The zero-order chi connectivity index (χ0) is 13.8. The monoisotopic (exact) mass is 277 g/mol. The predicted molar refractivity (Wildman–Crippen MR) is 79.3 cm³/mol. The van der Waals surface area contributed by atoms with E-state index in [1.54, 1.807) is 6.07 Å². The molecule has 100 valence electrons. The number of nitrogens with one attached hydrogen (secondary N) is 1. The van der Waals surface area contributed by atoms with Gasteiger partial charge >= 0.3 is 0 Å². The maximum absolute atomic E-state index is 13.4. The van der Waals surface area contributed by atoms with Gasteiger partial charge in [0.05, 0.1) is 5.02 Å². The Morgan fingerprint density at radius 3 is 2.68 bits per heavy atom. The first-order valence-corrected chi connectivity index (χ1v) is 6.78. The second-order valence-corrected chi connectivity index (χ2v) is 5.00. The molecule has 0 amide bonds. The van der Waals surface area contributed by atoms with Crippen molar-refractivity contribution >= 4 is 17.3 Å². The topological polar surface area (TPSA) is 12.0 Å². The number of hydrogen-bond acceptors (Lipinski definition) is 1. The summed E-state index contributed by atoms with van der Waals surface area (Å²) >= 11 is 5.69. The lowest BCUT2D eigenvalue weighted by atomic mass is 10.1. The van der Waals surface area contributed by atoms with E-state index in [0.717, 1.165) is 17.7 Å². The summed E-state index contributed by atoms with van der Waals surface area (Å²) in [7, 11) is 0. The van der Waals surface area contributed by atoms with Gasteiger partial charge in [-0.1, -0.05) is 36.7 Å². The van der Waals surface area contributed by atoms with Gasteiger partial charge in [0.15, 0.2) is 0 Å². The fraction of sp³-hybridized carbons (Fsp3) is 0.250. The summed E-state index contributed by atoms with van der Waals surface area (Å²) in [5.41, 5.74) is 3.20. The Kier molecular flexibility index (Phi) is 4.43. The van der Waals surface area contributed by atoms with Crippen LogP contribution in [-0.4, -0.2) is 0 Å². The van der Waals surface area contributed by atoms with Crippen LogP contribution >= 0.6 is 11.6 Å². The highest BCUT2D eigenvalue weighted by atomic mass is 35.5. The van der Waals surface area contributed by atoms with Crippen molar-refractivity contribution in [3.05, 3.63) is 64.4 Å². The van der Waals surface area contributed by atoms with Crippen molar-refractivity contribution in [2.75, 3.05) is 5.32 Å². The molecule has 0 bridgehead atoms. The quantitative estimate of drug-likeness (QED) is 0.808. The molecule has 0 saturated carbocycles. The third kappa shape index (κ3) is 3.48. The summed E-state index contributed by atoms with van der Waals surface area (Å²) in [5, 5.41) is 3.53. The molecule has 0 aliphatic carbocycles. The van der Waals surface area contributed by atoms with Gasteiger partial charge in [0.25, 0.3) is 0 Å². The van der Waals surface area contributed by atoms with E-state index in [4.69, 9.17) is 11.6 Å². The first kappa shape index (κ1) is 13.9. The van der Waals surface area contributed by atoms with Crippen LogP contribution in [0.25, 0.3) is 0 Å². The molecule has 0 aliphatic rings. The van der Waals surface area contributed by atoms with Gasteiger partial charge < -0.3 is 5.32 Å². The van der Waals surface area contributed by atoms with Crippen LogP contribution in [0.15, 0.2) is 42.5 Å². The van der Waals surface area contributed by atoms with Crippen molar-refractivity contribution in [3.63, 3.8) is 0 Å². The van der Waals surface area contributed by atoms with E-state index in [1.807, 2.05) is 25.1 Å². The fourth-order valence-corrected chi connectivity index (χ4v) is 2.11. The highest BCUT2D eigenvalue weighted by Crippen LogP contribution is 2.23. The standard InChI is InChI=1S/C16H17ClFN/c1-3-12-5-4-6-14(9-12)19-11(2)13-7-8-15(17)16(18)10-13/h4-11,19H,3H2,1-2H3. The summed E-state index contributed by atoms with van der Waals surface area (Å²) in [4.78, 5) is 0. The van der Waals surface area contributed by atoms with Crippen LogP contribution in [-0.2, 0) is 6.42 Å². The van der Waals surface area contributed by atoms with E-state index in [-0.39, 0.29) is 16.9 Å². The molecular formula is C16H17ClFN. The molecule has 2 rings (SSSR count). The smallest absolute Gasteiger partial charge is 0.142 e. The molecular weight excluding hydrogens is 261 g/mol. The average Bonchev–Trinajstić information content (AvgIpc) is 2.42. The Hall–Kier alpha value is -1.54. The third-order valence-corrected chi connectivity index (χ3v) is 3.47. The second kappa shape index (κ2) is 6.07. The molecule has 0 saturated heterocycles. The first-order valence-electron chi connectivity index (χ1n) is 6.40. The SMILES string of the molecule is CCc1cccc(NC(C)c2ccc(Cl)c(F)c2)c1. The van der Waals surface area contributed by atoms with Gasteiger partial charge in [0.1, 0.15) is 5.82 Å². The first-order chi connectivity index (χ1) is 9.10. The number of benzene rings is 2. The van der Waals surface area contributed by atoms with E-state index in [9.17, 15) is 4.39 Å². The molecule has 1 unspecified atom stereocenters. The number of aryl methyl sites for hydroxylation is 1. The van der Waals surface area contributed by atoms with Crippen LogP contribution in [0.3, 0.4) is 0 Å². The molecule has 0 spiro atoms. The minimum Gasteiger partial charge on any atom is -0.379 e. The Bertz CT molecular complexity index is 568. The van der Waals surface area contributed by atoms with Crippen LogP contribution in [0.2, 0.25) is 5.02 Å². The van der Waals surface area contributed by atoms with Crippen LogP contribution < -0.4 is 5.32 Å². The lowest BCUT2D eigenvalue weighted by Gasteiger charge is -2.16. The molecule has 0 heterocycles. The molecule has 3 heteroatoms. The van der Waals surface area contributed by atoms with Crippen LogP contribution in [0.1, 0.15) is 31.0 Å². The lowest BCUT2D eigenvalue weighted by molar-refractivity contribution is 0.624. The minimum atomic E-state index is -0.380. The second-order valence-electron chi connectivity index (χ2n) is 4.59. The molecule has 19 heavy (non-hydrogen) atoms. The van der Waals surface area contributed by atoms with Crippen LogP contribution in [0, 0.1) is 5.82 Å². The van der Waals surface area contributed by atoms with Gasteiger partial charge in [-0.05, 0) is 48.7 Å². The van der Waals surface area contributed by atoms with E-state index in [0.29, 0.717) is 0 Å².